The molecule has 0 aliphatic carbocycles. The second kappa shape index (κ2) is 4.51. The first-order chi connectivity index (χ1) is 10.2. The fraction of sp³-hybridized carbons (Fsp3) is 0.375. The van der Waals surface area contributed by atoms with Crippen molar-refractivity contribution in [3.63, 3.8) is 0 Å². The van der Waals surface area contributed by atoms with Gasteiger partial charge in [0.1, 0.15) is 0 Å². The summed E-state index contributed by atoms with van der Waals surface area (Å²) in [5, 5.41) is 0. The number of H-pyrrole nitrogens is 1. The van der Waals surface area contributed by atoms with Gasteiger partial charge in [-0.25, -0.2) is 14.3 Å². The highest BCUT2D eigenvalue weighted by molar-refractivity contribution is 5.70. The Morgan fingerprint density at radius 2 is 1.30 bits per heavy atom. The van der Waals surface area contributed by atoms with Crippen LogP contribution in [0.4, 0.5) is 39.5 Å². The number of nitrogens with one attached hydrogen (secondary N) is 1. The maximum absolute atomic E-state index is 12.8. The molecule has 2 aromatic rings. The van der Waals surface area contributed by atoms with Gasteiger partial charge in [-0.15, -0.1) is 26.3 Å². The van der Waals surface area contributed by atoms with Gasteiger partial charge in [0.05, 0.1) is 0 Å². The van der Waals surface area contributed by atoms with E-state index in [1.807, 2.05) is 0 Å². The quantitative estimate of drug-likeness (QED) is 0.733. The molecule has 0 aliphatic heterocycles. The van der Waals surface area contributed by atoms with Gasteiger partial charge in [-0.05, 0) is 0 Å². The third-order valence-corrected chi connectivity index (χ3v) is 2.47. The van der Waals surface area contributed by atoms with Crippen LogP contribution in [0.5, 0.6) is 0 Å². The summed E-state index contributed by atoms with van der Waals surface area (Å²) in [6, 6.07) is 0. The van der Waals surface area contributed by atoms with Gasteiger partial charge in [-0.2, -0.15) is 17.7 Å². The predicted octanol–water partition coefficient (Wildman–Crippen LogP) is 1.86. The molecule has 23 heavy (non-hydrogen) atoms. The van der Waals surface area contributed by atoms with Crippen LogP contribution in [-0.4, -0.2) is 19.1 Å². The van der Waals surface area contributed by atoms with Crippen LogP contribution in [0.3, 0.4) is 0 Å². The summed E-state index contributed by atoms with van der Waals surface area (Å²) >= 11 is 0. The number of nitrogens with zero attached hydrogens (tertiary/aromatic N) is 3. The lowest BCUT2D eigenvalue weighted by atomic mass is 10.5. The molecule has 0 aliphatic rings. The average molecular weight is 356 g/mol. The van der Waals surface area contributed by atoms with Gasteiger partial charge < -0.3 is 0 Å². The van der Waals surface area contributed by atoms with E-state index in [1.165, 1.54) is 0 Å². The van der Waals surface area contributed by atoms with Gasteiger partial charge in [0.15, 0.2) is 11.2 Å². The number of aromatic nitrogens is 4. The van der Waals surface area contributed by atoms with Crippen molar-refractivity contribution in [1.82, 2.24) is 19.1 Å². The molecule has 0 aromatic carbocycles. The third kappa shape index (κ3) is 2.65. The fourth-order valence-electron chi connectivity index (χ4n) is 1.73. The number of halogens is 9. The zero-order valence-corrected chi connectivity index (χ0v) is 10.1. The molecule has 0 saturated carbocycles. The number of imidazole rings is 1. The van der Waals surface area contributed by atoms with Crippen molar-refractivity contribution in [2.24, 2.45) is 0 Å². The zero-order valence-electron chi connectivity index (χ0n) is 10.1. The standard InChI is InChI=1S/C8HF9N4O2/c9-6(10,11)4-18-2-1(20(4)7(12,13)14)3(22)21(5(23)19-2)8(15,16)17/h(H,19,23). The Kier molecular flexibility index (Phi) is 3.31. The monoisotopic (exact) mass is 356 g/mol. The molecule has 0 saturated heterocycles. The second-order valence-electron chi connectivity index (χ2n) is 3.97. The molecule has 1 N–H and O–H groups in total. The van der Waals surface area contributed by atoms with Crippen molar-refractivity contribution >= 4 is 11.2 Å². The fourth-order valence-corrected chi connectivity index (χ4v) is 1.73. The largest absolute Gasteiger partial charge is 0.495 e. The predicted molar refractivity (Wildman–Crippen MR) is 52.2 cm³/mol. The lowest BCUT2D eigenvalue weighted by molar-refractivity contribution is -0.221. The highest BCUT2D eigenvalue weighted by Gasteiger charge is 2.48. The maximum atomic E-state index is 12.8. The van der Waals surface area contributed by atoms with Crippen LogP contribution in [0.15, 0.2) is 9.59 Å². The van der Waals surface area contributed by atoms with Gasteiger partial charge >= 0.3 is 24.5 Å². The molecular weight excluding hydrogens is 355 g/mol. The number of hydrogen-bond acceptors (Lipinski definition) is 3. The van der Waals surface area contributed by atoms with Gasteiger partial charge in [0.2, 0.25) is 5.82 Å². The summed E-state index contributed by atoms with van der Waals surface area (Å²) in [6.07, 6.45) is -17.4. The molecule has 0 unspecified atom stereocenters. The van der Waals surface area contributed by atoms with Crippen molar-refractivity contribution in [3.8, 4) is 0 Å². The second-order valence-corrected chi connectivity index (χ2v) is 3.97. The average Bonchev–Trinajstić information content (AvgIpc) is 2.65. The first-order valence-electron chi connectivity index (χ1n) is 5.15. The highest BCUT2D eigenvalue weighted by atomic mass is 19.4. The molecule has 0 atom stereocenters. The Bertz CT molecular complexity index is 879. The highest BCUT2D eigenvalue weighted by Crippen LogP contribution is 2.36. The third-order valence-electron chi connectivity index (χ3n) is 2.47. The summed E-state index contributed by atoms with van der Waals surface area (Å²) in [5.74, 6) is -2.70. The van der Waals surface area contributed by atoms with E-state index in [-0.39, 0.29) is 0 Å². The van der Waals surface area contributed by atoms with E-state index < -0.39 is 56.1 Å². The summed E-state index contributed by atoms with van der Waals surface area (Å²) in [7, 11) is 0. The van der Waals surface area contributed by atoms with E-state index in [0.717, 1.165) is 4.98 Å². The minimum Gasteiger partial charge on any atom is -0.290 e. The topological polar surface area (TPSA) is 72.7 Å². The normalized spacial score (nSPS) is 13.8. The van der Waals surface area contributed by atoms with Crippen LogP contribution in [0.25, 0.3) is 11.2 Å². The van der Waals surface area contributed by atoms with E-state index in [1.54, 1.807) is 0 Å². The molecule has 0 spiro atoms. The van der Waals surface area contributed by atoms with Crippen LogP contribution >= 0.6 is 0 Å². The van der Waals surface area contributed by atoms with Crippen LogP contribution in [0.1, 0.15) is 5.82 Å². The molecule has 2 aromatic heterocycles. The number of alkyl halides is 9. The Hall–Kier alpha value is -2.48. The van der Waals surface area contributed by atoms with Crippen LogP contribution in [0.2, 0.25) is 0 Å². The lowest BCUT2D eigenvalue weighted by Crippen LogP contribution is -2.43. The Labute approximate surface area is 116 Å². The summed E-state index contributed by atoms with van der Waals surface area (Å²) < 4.78 is 110. The summed E-state index contributed by atoms with van der Waals surface area (Å²) in [4.78, 5) is 26.0. The maximum Gasteiger partial charge on any atom is 0.495 e. The molecular formula is C8HF9N4O2. The molecule has 0 bridgehead atoms. The lowest BCUT2D eigenvalue weighted by Gasteiger charge is -2.14. The van der Waals surface area contributed by atoms with Gasteiger partial charge in [0, 0.05) is 0 Å². The van der Waals surface area contributed by atoms with Crippen molar-refractivity contribution < 1.29 is 39.5 Å². The summed E-state index contributed by atoms with van der Waals surface area (Å²) in [6.45, 7) is 0. The van der Waals surface area contributed by atoms with Crippen molar-refractivity contribution in [3.05, 3.63) is 26.7 Å². The van der Waals surface area contributed by atoms with Gasteiger partial charge in [0.25, 0.3) is 5.56 Å². The van der Waals surface area contributed by atoms with Crippen molar-refractivity contribution in [2.75, 3.05) is 0 Å². The molecule has 2 rings (SSSR count). The molecule has 2 heterocycles. The Morgan fingerprint density at radius 1 is 0.826 bits per heavy atom. The van der Waals surface area contributed by atoms with Crippen LogP contribution < -0.4 is 11.2 Å². The zero-order chi connectivity index (χ0) is 18.0. The Morgan fingerprint density at radius 3 is 1.70 bits per heavy atom. The SMILES string of the molecule is O=c1[nH]c2nc(C(F)(F)F)n(C(F)(F)F)c2c(=O)n1C(F)(F)F. The summed E-state index contributed by atoms with van der Waals surface area (Å²) in [5.41, 5.74) is -8.61. The molecule has 0 amide bonds. The van der Waals surface area contributed by atoms with E-state index in [4.69, 9.17) is 0 Å². The van der Waals surface area contributed by atoms with Gasteiger partial charge in [-0.3, -0.25) is 9.78 Å². The smallest absolute Gasteiger partial charge is 0.290 e. The number of fused-ring (bicyclic) bond motifs is 1. The van der Waals surface area contributed by atoms with Crippen molar-refractivity contribution in [2.45, 2.75) is 18.8 Å². The minimum absolute atomic E-state index is 1.07. The van der Waals surface area contributed by atoms with Crippen LogP contribution in [0, 0.1) is 0 Å². The molecule has 6 nitrogen and oxygen atoms in total. The molecule has 15 heteroatoms. The number of aromatic amines is 1. The van der Waals surface area contributed by atoms with Crippen LogP contribution in [-0.2, 0) is 18.8 Å². The van der Waals surface area contributed by atoms with E-state index in [0.29, 0.717) is 0 Å². The first kappa shape index (κ1) is 16.9. The minimum atomic E-state index is -5.92. The van der Waals surface area contributed by atoms with E-state index in [2.05, 4.69) is 4.98 Å². The Balaban J connectivity index is 3.11. The van der Waals surface area contributed by atoms with E-state index in [9.17, 15) is 49.1 Å². The molecule has 128 valence electrons. The first-order valence-corrected chi connectivity index (χ1v) is 5.15. The molecule has 0 fully saturated rings. The van der Waals surface area contributed by atoms with E-state index >= 15 is 0 Å². The van der Waals surface area contributed by atoms with Gasteiger partial charge in [-0.1, -0.05) is 0 Å². The molecule has 0 radical (unpaired) electrons. The van der Waals surface area contributed by atoms with Crippen molar-refractivity contribution in [1.29, 1.82) is 0 Å². The number of hydrogen-bond donors (Lipinski definition) is 1. The number of rotatable bonds is 0.